The van der Waals surface area contributed by atoms with E-state index in [1.165, 1.54) is 6.33 Å². The van der Waals surface area contributed by atoms with Gasteiger partial charge in [0, 0.05) is 59.9 Å². The third-order valence-corrected chi connectivity index (χ3v) is 4.73. The van der Waals surface area contributed by atoms with Gasteiger partial charge in [-0.3, -0.25) is 4.79 Å². The Kier molecular flexibility index (Phi) is 6.03. The SMILES string of the molecule is CCOc1cc(-c2cncnc2)nc2cc(C(=O)NCCCC3=NN=CC3)ccc12. The average molecular weight is 402 g/mol. The van der Waals surface area contributed by atoms with Crippen molar-refractivity contribution in [3.63, 3.8) is 0 Å². The van der Waals surface area contributed by atoms with Crippen molar-refractivity contribution < 1.29 is 9.53 Å². The van der Waals surface area contributed by atoms with E-state index in [2.05, 4.69) is 25.5 Å². The number of ether oxygens (including phenoxy) is 1. The smallest absolute Gasteiger partial charge is 0.251 e. The van der Waals surface area contributed by atoms with Gasteiger partial charge in [-0.1, -0.05) is 0 Å². The van der Waals surface area contributed by atoms with Gasteiger partial charge in [-0.2, -0.15) is 10.2 Å². The van der Waals surface area contributed by atoms with Gasteiger partial charge in [-0.05, 0) is 38.0 Å². The number of hydrogen-bond acceptors (Lipinski definition) is 7. The number of amides is 1. The van der Waals surface area contributed by atoms with E-state index < -0.39 is 0 Å². The van der Waals surface area contributed by atoms with Crippen LogP contribution in [0.25, 0.3) is 22.2 Å². The molecule has 8 nitrogen and oxygen atoms in total. The Morgan fingerprint density at radius 3 is 2.83 bits per heavy atom. The lowest BCUT2D eigenvalue weighted by molar-refractivity contribution is 0.0953. The fourth-order valence-electron chi connectivity index (χ4n) is 3.25. The second-order valence-electron chi connectivity index (χ2n) is 6.83. The second kappa shape index (κ2) is 9.21. The van der Waals surface area contributed by atoms with Gasteiger partial charge in [0.2, 0.25) is 0 Å². The summed E-state index contributed by atoms with van der Waals surface area (Å²) in [6.07, 6.45) is 9.14. The number of benzene rings is 1. The molecule has 3 heterocycles. The molecule has 30 heavy (non-hydrogen) atoms. The Morgan fingerprint density at radius 1 is 1.20 bits per heavy atom. The number of fused-ring (bicyclic) bond motifs is 1. The molecule has 1 aromatic carbocycles. The lowest BCUT2D eigenvalue weighted by Gasteiger charge is -2.11. The van der Waals surface area contributed by atoms with E-state index in [9.17, 15) is 4.79 Å². The highest BCUT2D eigenvalue weighted by atomic mass is 16.5. The zero-order chi connectivity index (χ0) is 20.8. The van der Waals surface area contributed by atoms with Gasteiger partial charge in [0.25, 0.3) is 5.91 Å². The van der Waals surface area contributed by atoms with Crippen LogP contribution in [0, 0.1) is 0 Å². The van der Waals surface area contributed by atoms with Crippen LogP contribution in [0.5, 0.6) is 5.75 Å². The largest absolute Gasteiger partial charge is 0.493 e. The van der Waals surface area contributed by atoms with Crippen molar-refractivity contribution in [1.29, 1.82) is 0 Å². The minimum absolute atomic E-state index is 0.130. The molecule has 0 radical (unpaired) electrons. The molecule has 8 heteroatoms. The highest BCUT2D eigenvalue weighted by molar-refractivity contribution is 6.00. The number of hydrogen-bond donors (Lipinski definition) is 1. The number of nitrogens with zero attached hydrogens (tertiary/aromatic N) is 5. The molecule has 1 aliphatic rings. The van der Waals surface area contributed by atoms with Crippen LogP contribution in [0.1, 0.15) is 36.5 Å². The van der Waals surface area contributed by atoms with Crippen LogP contribution in [-0.2, 0) is 0 Å². The molecule has 4 rings (SSSR count). The van der Waals surface area contributed by atoms with E-state index in [1.807, 2.05) is 19.1 Å². The molecule has 0 fully saturated rings. The summed E-state index contributed by atoms with van der Waals surface area (Å²) < 4.78 is 5.81. The van der Waals surface area contributed by atoms with Crippen LogP contribution < -0.4 is 10.1 Å². The molecule has 1 N–H and O–H groups in total. The first-order chi connectivity index (χ1) is 14.7. The highest BCUT2D eigenvalue weighted by Crippen LogP contribution is 2.30. The summed E-state index contributed by atoms with van der Waals surface area (Å²) in [7, 11) is 0. The number of pyridine rings is 1. The Hall–Kier alpha value is -3.68. The molecule has 0 spiro atoms. The van der Waals surface area contributed by atoms with Crippen molar-refractivity contribution in [1.82, 2.24) is 20.3 Å². The standard InChI is InChI=1S/C22H22N6O2/c1-2-30-21-11-19(16-12-23-14-24-13-16)27-20-10-15(5-6-18(20)21)22(29)25-8-3-4-17-7-9-26-28-17/h5-6,9-14H,2-4,7-8H2,1H3,(H,25,29). The van der Waals surface area contributed by atoms with Crippen LogP contribution in [0.2, 0.25) is 0 Å². The minimum atomic E-state index is -0.130. The summed E-state index contributed by atoms with van der Waals surface area (Å²) in [4.78, 5) is 25.4. The summed E-state index contributed by atoms with van der Waals surface area (Å²) in [6, 6.07) is 7.33. The number of aromatic nitrogens is 3. The lowest BCUT2D eigenvalue weighted by Crippen LogP contribution is -2.24. The molecular formula is C22H22N6O2. The molecule has 0 saturated carbocycles. The van der Waals surface area contributed by atoms with Gasteiger partial charge in [0.1, 0.15) is 12.1 Å². The normalized spacial score (nSPS) is 12.8. The van der Waals surface area contributed by atoms with E-state index in [0.29, 0.717) is 35.7 Å². The van der Waals surface area contributed by atoms with Crippen LogP contribution in [0.3, 0.4) is 0 Å². The fraction of sp³-hybridized carbons (Fsp3) is 0.273. The third kappa shape index (κ3) is 4.48. The topological polar surface area (TPSA) is 102 Å². The molecule has 0 bridgehead atoms. The Balaban J connectivity index is 1.53. The van der Waals surface area contributed by atoms with Crippen LogP contribution in [-0.4, -0.2) is 45.9 Å². The summed E-state index contributed by atoms with van der Waals surface area (Å²) in [5.74, 6) is 0.586. The number of nitrogens with one attached hydrogen (secondary N) is 1. The minimum Gasteiger partial charge on any atom is -0.493 e. The quantitative estimate of drug-likeness (QED) is 0.582. The van der Waals surface area contributed by atoms with E-state index in [-0.39, 0.29) is 5.91 Å². The molecule has 0 unspecified atom stereocenters. The van der Waals surface area contributed by atoms with Crippen molar-refractivity contribution in [3.05, 3.63) is 48.5 Å². The maximum Gasteiger partial charge on any atom is 0.251 e. The molecule has 2 aromatic heterocycles. The molecule has 0 saturated heterocycles. The van der Waals surface area contributed by atoms with Crippen LogP contribution >= 0.6 is 0 Å². The molecular weight excluding hydrogens is 380 g/mol. The molecule has 0 aliphatic carbocycles. The Bertz CT molecular complexity index is 1110. The number of rotatable bonds is 8. The van der Waals surface area contributed by atoms with Gasteiger partial charge >= 0.3 is 0 Å². The molecule has 3 aromatic rings. The van der Waals surface area contributed by atoms with Gasteiger partial charge in [-0.15, -0.1) is 0 Å². The number of carbonyl (C=O) groups excluding carboxylic acids is 1. The summed E-state index contributed by atoms with van der Waals surface area (Å²) >= 11 is 0. The van der Waals surface area contributed by atoms with E-state index >= 15 is 0 Å². The fourth-order valence-corrected chi connectivity index (χ4v) is 3.25. The van der Waals surface area contributed by atoms with Gasteiger partial charge in [-0.25, -0.2) is 15.0 Å². The van der Waals surface area contributed by atoms with Crippen molar-refractivity contribution in [2.24, 2.45) is 10.2 Å². The zero-order valence-corrected chi connectivity index (χ0v) is 16.7. The monoisotopic (exact) mass is 402 g/mol. The van der Waals surface area contributed by atoms with E-state index in [1.54, 1.807) is 30.7 Å². The van der Waals surface area contributed by atoms with Crippen molar-refractivity contribution in [3.8, 4) is 17.0 Å². The first-order valence-corrected chi connectivity index (χ1v) is 9.93. The zero-order valence-electron chi connectivity index (χ0n) is 16.7. The summed E-state index contributed by atoms with van der Waals surface area (Å²) in [6.45, 7) is 3.04. The average Bonchev–Trinajstić information content (AvgIpc) is 3.30. The van der Waals surface area contributed by atoms with Crippen LogP contribution in [0.15, 0.2) is 53.2 Å². The second-order valence-corrected chi connectivity index (χ2v) is 6.83. The Morgan fingerprint density at radius 2 is 2.07 bits per heavy atom. The predicted octanol–water partition coefficient (Wildman–Crippen LogP) is 3.43. The first kappa shape index (κ1) is 19.6. The van der Waals surface area contributed by atoms with Gasteiger partial charge in [0.05, 0.1) is 17.8 Å². The molecule has 152 valence electrons. The summed E-state index contributed by atoms with van der Waals surface area (Å²) in [5.41, 5.74) is 3.78. The first-order valence-electron chi connectivity index (χ1n) is 9.93. The van der Waals surface area contributed by atoms with Gasteiger partial charge in [0.15, 0.2) is 0 Å². The van der Waals surface area contributed by atoms with Crippen molar-refractivity contribution in [2.45, 2.75) is 26.2 Å². The highest BCUT2D eigenvalue weighted by Gasteiger charge is 2.13. The molecule has 1 aliphatic heterocycles. The lowest BCUT2D eigenvalue weighted by atomic mass is 10.1. The summed E-state index contributed by atoms with van der Waals surface area (Å²) in [5, 5.41) is 11.7. The van der Waals surface area contributed by atoms with Gasteiger partial charge < -0.3 is 10.1 Å². The maximum atomic E-state index is 12.6. The maximum absolute atomic E-state index is 12.6. The third-order valence-electron chi connectivity index (χ3n) is 4.73. The van der Waals surface area contributed by atoms with Crippen molar-refractivity contribution in [2.75, 3.05) is 13.2 Å². The number of carbonyl (C=O) groups is 1. The molecule has 1 amide bonds. The van der Waals surface area contributed by atoms with Crippen molar-refractivity contribution >= 4 is 28.7 Å². The predicted molar refractivity (Wildman–Crippen MR) is 116 cm³/mol. The Labute approximate surface area is 174 Å². The van der Waals surface area contributed by atoms with E-state index in [4.69, 9.17) is 9.72 Å². The molecule has 0 atom stereocenters. The van der Waals surface area contributed by atoms with Crippen LogP contribution in [0.4, 0.5) is 0 Å². The van der Waals surface area contributed by atoms with E-state index in [0.717, 1.165) is 35.9 Å².